The molecule has 0 aromatic carbocycles. The number of esters is 1. The van der Waals surface area contributed by atoms with Crippen LogP contribution < -0.4 is 4.87 Å². The number of H-pyrrole nitrogens is 1. The molecule has 2 aliphatic carbocycles. The number of methoxy groups -OCH3 is 1. The molecule has 0 radical (unpaired) electrons. The van der Waals surface area contributed by atoms with E-state index in [0.717, 1.165) is 26.8 Å². The fourth-order valence-corrected chi connectivity index (χ4v) is 9.25. The van der Waals surface area contributed by atoms with E-state index in [9.17, 15) is 19.2 Å². The van der Waals surface area contributed by atoms with Gasteiger partial charge in [0.1, 0.15) is 6.54 Å². The molecule has 3 fully saturated rings. The molecular weight excluding hydrogens is 438 g/mol. The van der Waals surface area contributed by atoms with Crippen LogP contribution in [-0.2, 0) is 19.1 Å². The largest absolute Gasteiger partial charge is 0.468 e. The third-order valence-electron chi connectivity index (χ3n) is 7.37. The number of aromatic nitrogens is 2. The van der Waals surface area contributed by atoms with E-state index >= 15 is 0 Å². The number of carbonyl (C=O) groups excluding carboxylic acids is 3. The standard InChI is InChI=1S/C21H19N3O5S2/c1-29-11(25)7-24-19(26)14-9-5-10(15(14)20(24)27)16-13(9)12(8-3-2-4-22-6-8)17-18(30-16)23-21(28)31-17/h2-4,6,9-10,12-16H,5,7H2,1H3,(H,23,28)/t9-,10+,12+,13+,14-,15+,16-/m1/s1. The number of amides is 2. The van der Waals surface area contributed by atoms with E-state index in [0.29, 0.717) is 0 Å². The highest BCUT2D eigenvalue weighted by Crippen LogP contribution is 2.68. The molecule has 6 rings (SSSR count). The van der Waals surface area contributed by atoms with Crippen molar-refractivity contribution in [3.63, 3.8) is 0 Å². The molecule has 1 saturated heterocycles. The monoisotopic (exact) mass is 457 g/mol. The molecule has 4 aliphatic rings. The molecular formula is C21H19N3O5S2. The van der Waals surface area contributed by atoms with Crippen molar-refractivity contribution in [1.29, 1.82) is 0 Å². The second kappa shape index (κ2) is 6.77. The first-order valence-corrected chi connectivity index (χ1v) is 11.9. The Morgan fingerprint density at radius 3 is 2.74 bits per heavy atom. The minimum absolute atomic E-state index is 0.0298. The Bertz CT molecular complexity index is 1160. The minimum Gasteiger partial charge on any atom is -0.468 e. The van der Waals surface area contributed by atoms with Crippen molar-refractivity contribution in [2.24, 2.45) is 29.6 Å². The van der Waals surface area contributed by atoms with Crippen LogP contribution in [0.3, 0.4) is 0 Å². The number of fused-ring (bicyclic) bond motifs is 9. The highest BCUT2D eigenvalue weighted by molar-refractivity contribution is 8.00. The SMILES string of the molecule is COC(=O)CN1C(=O)[C@@H]2[C@@H]3C[C@H]([C@H]4Sc5[nH]c(=O)sc5[C@@H](c5cccnc5)[C@H]34)[C@@H]2C1=O. The lowest BCUT2D eigenvalue weighted by atomic mass is 9.68. The van der Waals surface area contributed by atoms with Gasteiger partial charge < -0.3 is 9.72 Å². The van der Waals surface area contributed by atoms with Crippen molar-refractivity contribution < 1.29 is 19.1 Å². The molecule has 2 aromatic rings. The van der Waals surface area contributed by atoms with Crippen LogP contribution in [-0.4, -0.2) is 51.6 Å². The second-order valence-electron chi connectivity index (χ2n) is 8.59. The average molecular weight is 458 g/mol. The summed E-state index contributed by atoms with van der Waals surface area (Å²) in [5, 5.41) is 1.00. The highest BCUT2D eigenvalue weighted by atomic mass is 32.2. The summed E-state index contributed by atoms with van der Waals surface area (Å²) in [5.41, 5.74) is 1.03. The number of rotatable bonds is 3. The zero-order valence-electron chi connectivity index (χ0n) is 16.5. The van der Waals surface area contributed by atoms with Crippen LogP contribution >= 0.6 is 23.1 Å². The molecule has 0 spiro atoms. The van der Waals surface area contributed by atoms with Crippen LogP contribution in [0.1, 0.15) is 22.8 Å². The predicted octanol–water partition coefficient (Wildman–Crippen LogP) is 1.48. The summed E-state index contributed by atoms with van der Waals surface area (Å²) in [6, 6.07) is 3.91. The summed E-state index contributed by atoms with van der Waals surface area (Å²) in [7, 11) is 1.25. The number of thioether (sulfide) groups is 1. The normalized spacial score (nSPS) is 35.1. The fourth-order valence-electron chi connectivity index (χ4n) is 6.36. The van der Waals surface area contributed by atoms with Gasteiger partial charge in [-0.2, -0.15) is 0 Å². The Hall–Kier alpha value is -2.46. The molecule has 2 aromatic heterocycles. The minimum atomic E-state index is -0.589. The summed E-state index contributed by atoms with van der Waals surface area (Å²) in [4.78, 5) is 59.6. The summed E-state index contributed by atoms with van der Waals surface area (Å²) in [6.07, 6.45) is 4.37. The lowest BCUT2D eigenvalue weighted by molar-refractivity contribution is -0.151. The topological polar surface area (TPSA) is 109 Å². The van der Waals surface area contributed by atoms with Crippen molar-refractivity contribution in [1.82, 2.24) is 14.9 Å². The molecule has 0 unspecified atom stereocenters. The van der Waals surface area contributed by atoms with Gasteiger partial charge in [0.2, 0.25) is 11.8 Å². The number of thiazole rings is 1. The van der Waals surface area contributed by atoms with E-state index in [-0.39, 0.29) is 52.2 Å². The van der Waals surface area contributed by atoms with Gasteiger partial charge in [-0.15, -0.1) is 11.8 Å². The molecule has 7 atom stereocenters. The summed E-state index contributed by atoms with van der Waals surface area (Å²) >= 11 is 2.87. The third kappa shape index (κ3) is 2.57. The van der Waals surface area contributed by atoms with Gasteiger partial charge in [-0.25, -0.2) is 0 Å². The maximum atomic E-state index is 13.2. The lowest BCUT2D eigenvalue weighted by Gasteiger charge is -2.42. The number of likely N-dealkylation sites (tertiary alicyclic amines) is 1. The van der Waals surface area contributed by atoms with E-state index in [1.165, 1.54) is 18.4 Å². The molecule has 2 amide bonds. The number of ether oxygens (including phenoxy) is 1. The first-order valence-electron chi connectivity index (χ1n) is 10.2. The zero-order chi connectivity index (χ0) is 21.4. The number of carbonyl (C=O) groups is 3. The van der Waals surface area contributed by atoms with Crippen LogP contribution in [0, 0.1) is 29.6 Å². The van der Waals surface area contributed by atoms with Gasteiger partial charge in [-0.1, -0.05) is 17.4 Å². The number of nitrogens with zero attached hydrogens (tertiary/aromatic N) is 2. The molecule has 2 bridgehead atoms. The smallest absolute Gasteiger partial charge is 0.325 e. The van der Waals surface area contributed by atoms with E-state index in [2.05, 4.69) is 14.7 Å². The molecule has 1 N–H and O–H groups in total. The van der Waals surface area contributed by atoms with Gasteiger partial charge in [0.05, 0.1) is 24.0 Å². The number of pyridine rings is 1. The quantitative estimate of drug-likeness (QED) is 0.549. The van der Waals surface area contributed by atoms with Gasteiger partial charge >= 0.3 is 10.8 Å². The summed E-state index contributed by atoms with van der Waals surface area (Å²) in [5.74, 6) is -1.72. The maximum absolute atomic E-state index is 13.2. The second-order valence-corrected chi connectivity index (χ2v) is 10.8. The van der Waals surface area contributed by atoms with Crippen LogP contribution in [0.15, 0.2) is 34.3 Å². The average Bonchev–Trinajstić information content (AvgIpc) is 3.49. The lowest BCUT2D eigenvalue weighted by Crippen LogP contribution is -2.42. The molecule has 2 saturated carbocycles. The van der Waals surface area contributed by atoms with Crippen molar-refractivity contribution in [3.8, 4) is 0 Å². The van der Waals surface area contributed by atoms with Crippen molar-refractivity contribution >= 4 is 40.9 Å². The number of aromatic amines is 1. The Labute approximate surface area is 185 Å². The van der Waals surface area contributed by atoms with Crippen LogP contribution in [0.4, 0.5) is 0 Å². The van der Waals surface area contributed by atoms with Crippen molar-refractivity contribution in [2.45, 2.75) is 22.6 Å². The van der Waals surface area contributed by atoms with E-state index < -0.39 is 17.8 Å². The van der Waals surface area contributed by atoms with Gasteiger partial charge in [0.15, 0.2) is 0 Å². The number of nitrogens with one attached hydrogen (secondary N) is 1. The maximum Gasteiger partial charge on any atom is 0.325 e. The number of hydrogen-bond acceptors (Lipinski definition) is 8. The van der Waals surface area contributed by atoms with Crippen molar-refractivity contribution in [2.75, 3.05) is 13.7 Å². The van der Waals surface area contributed by atoms with Crippen LogP contribution in [0.2, 0.25) is 0 Å². The van der Waals surface area contributed by atoms with Gasteiger partial charge in [0.25, 0.3) is 0 Å². The van der Waals surface area contributed by atoms with Gasteiger partial charge in [-0.05, 0) is 35.8 Å². The highest BCUT2D eigenvalue weighted by Gasteiger charge is 2.69. The third-order valence-corrected chi connectivity index (χ3v) is 9.96. The number of imide groups is 1. The molecule has 31 heavy (non-hydrogen) atoms. The first-order chi connectivity index (χ1) is 15.0. The molecule has 160 valence electrons. The van der Waals surface area contributed by atoms with Crippen LogP contribution in [0.25, 0.3) is 0 Å². The van der Waals surface area contributed by atoms with Gasteiger partial charge in [0, 0.05) is 28.4 Å². The van der Waals surface area contributed by atoms with E-state index in [1.54, 1.807) is 18.0 Å². The van der Waals surface area contributed by atoms with E-state index in [1.807, 2.05) is 18.3 Å². The molecule has 10 heteroatoms. The van der Waals surface area contributed by atoms with Gasteiger partial charge in [-0.3, -0.25) is 29.1 Å². The Morgan fingerprint density at radius 2 is 2.03 bits per heavy atom. The molecule has 2 aliphatic heterocycles. The molecule has 4 heterocycles. The fraction of sp³-hybridized carbons (Fsp3) is 0.476. The van der Waals surface area contributed by atoms with Crippen molar-refractivity contribution in [3.05, 3.63) is 44.6 Å². The summed E-state index contributed by atoms with van der Waals surface area (Å²) in [6.45, 7) is -0.324. The predicted molar refractivity (Wildman–Crippen MR) is 111 cm³/mol. The summed E-state index contributed by atoms with van der Waals surface area (Å²) < 4.78 is 4.68. The van der Waals surface area contributed by atoms with E-state index in [4.69, 9.17) is 0 Å². The zero-order valence-corrected chi connectivity index (χ0v) is 18.2. The molecule has 8 nitrogen and oxygen atoms in total. The Balaban J connectivity index is 1.43. The Morgan fingerprint density at radius 1 is 1.26 bits per heavy atom. The first kappa shape index (κ1) is 19.2. The van der Waals surface area contributed by atoms with Crippen LogP contribution in [0.5, 0.6) is 0 Å². The Kier molecular flexibility index (Phi) is 4.20. The number of hydrogen-bond donors (Lipinski definition) is 1.